The van der Waals surface area contributed by atoms with E-state index in [1.807, 2.05) is 0 Å². The van der Waals surface area contributed by atoms with Crippen LogP contribution < -0.4 is 10.0 Å². The lowest BCUT2D eigenvalue weighted by molar-refractivity contribution is 0.239. The molecule has 0 unspecified atom stereocenters. The standard InChI is InChI=1S/C13H19BrFN3O2S/c14-11-3-1-4-12(13(11)15)21(19,20)17-5-2-8-18-9-6-16-7-10-18/h1,3-4,16-17H,2,5-10H2. The minimum absolute atomic E-state index is 0.145. The molecular formula is C13H19BrFN3O2S. The van der Waals surface area contributed by atoms with Crippen molar-refractivity contribution in [3.63, 3.8) is 0 Å². The van der Waals surface area contributed by atoms with Crippen molar-refractivity contribution >= 4 is 26.0 Å². The van der Waals surface area contributed by atoms with E-state index in [4.69, 9.17) is 0 Å². The number of rotatable bonds is 6. The predicted octanol–water partition coefficient (Wildman–Crippen LogP) is 1.16. The van der Waals surface area contributed by atoms with Gasteiger partial charge in [0, 0.05) is 32.7 Å². The number of nitrogens with one attached hydrogen (secondary N) is 2. The predicted molar refractivity (Wildman–Crippen MR) is 83.2 cm³/mol. The molecule has 1 aromatic rings. The molecule has 8 heteroatoms. The first-order valence-electron chi connectivity index (χ1n) is 6.87. The van der Waals surface area contributed by atoms with Crippen molar-refractivity contribution in [1.29, 1.82) is 0 Å². The second kappa shape index (κ2) is 7.64. The topological polar surface area (TPSA) is 61.4 Å². The molecule has 5 nitrogen and oxygen atoms in total. The normalized spacial score (nSPS) is 17.0. The van der Waals surface area contributed by atoms with Crippen LogP contribution in [-0.4, -0.2) is 52.6 Å². The highest BCUT2D eigenvalue weighted by atomic mass is 79.9. The minimum atomic E-state index is -3.80. The Hall–Kier alpha value is -0.540. The van der Waals surface area contributed by atoms with Gasteiger partial charge in [-0.25, -0.2) is 17.5 Å². The molecule has 2 rings (SSSR count). The van der Waals surface area contributed by atoms with E-state index in [-0.39, 0.29) is 9.37 Å². The number of benzene rings is 1. The highest BCUT2D eigenvalue weighted by Gasteiger charge is 2.20. The summed E-state index contributed by atoms with van der Waals surface area (Å²) in [5.41, 5.74) is 0. The maximum atomic E-state index is 13.8. The summed E-state index contributed by atoms with van der Waals surface area (Å²) in [4.78, 5) is 1.96. The Labute approximate surface area is 133 Å². The lowest BCUT2D eigenvalue weighted by Crippen LogP contribution is -2.44. The lowest BCUT2D eigenvalue weighted by Gasteiger charge is -2.27. The van der Waals surface area contributed by atoms with Crippen LogP contribution in [0.1, 0.15) is 6.42 Å². The van der Waals surface area contributed by atoms with Crippen molar-refractivity contribution in [1.82, 2.24) is 14.9 Å². The zero-order valence-electron chi connectivity index (χ0n) is 11.6. The van der Waals surface area contributed by atoms with Gasteiger partial charge < -0.3 is 10.2 Å². The van der Waals surface area contributed by atoms with E-state index in [9.17, 15) is 12.8 Å². The molecule has 0 spiro atoms. The first-order valence-corrected chi connectivity index (χ1v) is 9.15. The van der Waals surface area contributed by atoms with Gasteiger partial charge in [0.05, 0.1) is 4.47 Å². The molecule has 0 saturated carbocycles. The van der Waals surface area contributed by atoms with E-state index in [1.165, 1.54) is 18.2 Å². The molecule has 0 aliphatic carbocycles. The number of hydrogen-bond acceptors (Lipinski definition) is 4. The molecule has 1 saturated heterocycles. The summed E-state index contributed by atoms with van der Waals surface area (Å²) in [5.74, 6) is -0.757. The zero-order valence-corrected chi connectivity index (χ0v) is 14.0. The fraction of sp³-hybridized carbons (Fsp3) is 0.538. The quantitative estimate of drug-likeness (QED) is 0.728. The van der Waals surface area contributed by atoms with Crippen LogP contribution in [0.25, 0.3) is 0 Å². The highest BCUT2D eigenvalue weighted by molar-refractivity contribution is 9.10. The summed E-state index contributed by atoms with van der Waals surface area (Å²) < 4.78 is 40.5. The van der Waals surface area contributed by atoms with Crippen LogP contribution in [0.4, 0.5) is 4.39 Å². The third-order valence-corrected chi connectivity index (χ3v) is 5.45. The van der Waals surface area contributed by atoms with Gasteiger partial charge in [-0.05, 0) is 41.0 Å². The van der Waals surface area contributed by atoms with Gasteiger partial charge in [0.15, 0.2) is 5.82 Å². The fourth-order valence-electron chi connectivity index (χ4n) is 2.21. The third kappa shape index (κ3) is 4.72. The summed E-state index contributed by atoms with van der Waals surface area (Å²) in [6, 6.07) is 4.24. The van der Waals surface area contributed by atoms with Crippen molar-refractivity contribution in [2.24, 2.45) is 0 Å². The number of hydrogen-bond donors (Lipinski definition) is 2. The number of halogens is 2. The van der Waals surface area contributed by atoms with Crippen LogP contribution >= 0.6 is 15.9 Å². The lowest BCUT2D eigenvalue weighted by atomic mass is 10.3. The van der Waals surface area contributed by atoms with Crippen LogP contribution in [0.2, 0.25) is 0 Å². The molecule has 1 aliphatic rings. The molecule has 1 fully saturated rings. The Morgan fingerprint density at radius 2 is 2.05 bits per heavy atom. The van der Waals surface area contributed by atoms with Gasteiger partial charge in [-0.2, -0.15) is 0 Å². The van der Waals surface area contributed by atoms with E-state index >= 15 is 0 Å². The van der Waals surface area contributed by atoms with Gasteiger partial charge in [0.1, 0.15) is 4.90 Å². The van der Waals surface area contributed by atoms with Crippen LogP contribution in [0, 0.1) is 5.82 Å². The van der Waals surface area contributed by atoms with Crippen LogP contribution in [0.3, 0.4) is 0 Å². The molecule has 0 atom stereocenters. The highest BCUT2D eigenvalue weighted by Crippen LogP contribution is 2.22. The van der Waals surface area contributed by atoms with E-state index < -0.39 is 15.8 Å². The van der Waals surface area contributed by atoms with Gasteiger partial charge in [-0.3, -0.25) is 0 Å². The van der Waals surface area contributed by atoms with E-state index in [0.717, 1.165) is 32.7 Å². The van der Waals surface area contributed by atoms with E-state index in [1.54, 1.807) is 0 Å². The molecule has 0 bridgehead atoms. The molecular weight excluding hydrogens is 361 g/mol. The molecule has 0 radical (unpaired) electrons. The molecule has 1 heterocycles. The molecule has 1 aromatic carbocycles. The largest absolute Gasteiger partial charge is 0.314 e. The van der Waals surface area contributed by atoms with Gasteiger partial charge >= 0.3 is 0 Å². The monoisotopic (exact) mass is 379 g/mol. The van der Waals surface area contributed by atoms with Crippen molar-refractivity contribution in [2.45, 2.75) is 11.3 Å². The number of nitrogens with zero attached hydrogens (tertiary/aromatic N) is 1. The maximum absolute atomic E-state index is 13.8. The molecule has 2 N–H and O–H groups in total. The van der Waals surface area contributed by atoms with Crippen LogP contribution in [0.15, 0.2) is 27.6 Å². The smallest absolute Gasteiger partial charge is 0.243 e. The van der Waals surface area contributed by atoms with Crippen LogP contribution in [0.5, 0.6) is 0 Å². The summed E-state index contributed by atoms with van der Waals surface area (Å²) >= 11 is 2.99. The van der Waals surface area contributed by atoms with Gasteiger partial charge in [0.2, 0.25) is 10.0 Å². The number of sulfonamides is 1. The summed E-state index contributed by atoms with van der Waals surface area (Å²) in [6.45, 7) is 5.04. The van der Waals surface area contributed by atoms with Gasteiger partial charge in [-0.1, -0.05) is 6.07 Å². The Morgan fingerprint density at radius 3 is 2.76 bits per heavy atom. The van der Waals surface area contributed by atoms with Gasteiger partial charge in [0.25, 0.3) is 0 Å². The summed E-state index contributed by atoms with van der Waals surface area (Å²) in [6.07, 6.45) is 0.703. The Morgan fingerprint density at radius 1 is 1.33 bits per heavy atom. The van der Waals surface area contributed by atoms with Crippen molar-refractivity contribution in [3.8, 4) is 0 Å². The average molecular weight is 380 g/mol. The van der Waals surface area contributed by atoms with E-state index in [0.29, 0.717) is 13.0 Å². The van der Waals surface area contributed by atoms with Crippen molar-refractivity contribution in [3.05, 3.63) is 28.5 Å². The number of piperazine rings is 1. The Bertz CT molecular complexity index is 577. The SMILES string of the molecule is O=S(=O)(NCCCN1CCNCC1)c1cccc(Br)c1F. The molecule has 1 aliphatic heterocycles. The Balaban J connectivity index is 1.85. The second-order valence-corrected chi connectivity index (χ2v) is 7.48. The second-order valence-electron chi connectivity index (χ2n) is 4.89. The molecule has 21 heavy (non-hydrogen) atoms. The van der Waals surface area contributed by atoms with Gasteiger partial charge in [-0.15, -0.1) is 0 Å². The fourth-order valence-corrected chi connectivity index (χ4v) is 3.88. The first-order chi connectivity index (χ1) is 10.0. The third-order valence-electron chi connectivity index (χ3n) is 3.36. The molecule has 0 amide bonds. The van der Waals surface area contributed by atoms with Crippen LogP contribution in [-0.2, 0) is 10.0 Å². The molecule has 0 aromatic heterocycles. The minimum Gasteiger partial charge on any atom is -0.314 e. The Kier molecular flexibility index (Phi) is 6.12. The maximum Gasteiger partial charge on any atom is 0.243 e. The summed E-state index contributed by atoms with van der Waals surface area (Å²) in [7, 11) is -3.80. The molecule has 118 valence electrons. The average Bonchev–Trinajstić information content (AvgIpc) is 2.47. The zero-order chi connectivity index (χ0) is 15.3. The van der Waals surface area contributed by atoms with Crippen molar-refractivity contribution in [2.75, 3.05) is 39.3 Å². The van der Waals surface area contributed by atoms with E-state index in [2.05, 4.69) is 30.9 Å². The first kappa shape index (κ1) is 16.8. The summed E-state index contributed by atoms with van der Waals surface area (Å²) in [5, 5.41) is 3.26. The van der Waals surface area contributed by atoms with Crippen molar-refractivity contribution < 1.29 is 12.8 Å².